The molecule has 2 aliphatic carbocycles. The number of aromatic nitrogens is 1. The maximum absolute atomic E-state index is 4.94. The van der Waals surface area contributed by atoms with Gasteiger partial charge in [-0.1, -0.05) is 26.2 Å². The van der Waals surface area contributed by atoms with Crippen LogP contribution in [0.1, 0.15) is 67.1 Å². The lowest BCUT2D eigenvalue weighted by Crippen LogP contribution is -2.29. The van der Waals surface area contributed by atoms with Gasteiger partial charge in [0.25, 0.3) is 0 Å². The molecular weight excluding hydrogens is 240 g/mol. The molecule has 1 saturated carbocycles. The van der Waals surface area contributed by atoms with Crippen LogP contribution in [0.3, 0.4) is 0 Å². The highest BCUT2D eigenvalue weighted by atomic mass is 32.1. The summed E-state index contributed by atoms with van der Waals surface area (Å²) in [6, 6.07) is 0.533. The quantitative estimate of drug-likeness (QED) is 0.893. The van der Waals surface area contributed by atoms with Crippen LogP contribution in [0.2, 0.25) is 0 Å². The third-order valence-corrected chi connectivity index (χ3v) is 5.66. The highest BCUT2D eigenvalue weighted by Gasteiger charge is 2.28. The number of thiazole rings is 1. The Kier molecular flexibility index (Phi) is 4.00. The average Bonchev–Trinajstić information content (AvgIpc) is 2.97. The highest BCUT2D eigenvalue weighted by molar-refractivity contribution is 7.11. The van der Waals surface area contributed by atoms with Crippen LogP contribution < -0.4 is 5.32 Å². The zero-order valence-corrected chi connectivity index (χ0v) is 12.2. The summed E-state index contributed by atoms with van der Waals surface area (Å²) in [5.41, 5.74) is 1.41. The Labute approximate surface area is 114 Å². The van der Waals surface area contributed by atoms with Gasteiger partial charge in [-0.05, 0) is 44.6 Å². The minimum Gasteiger partial charge on any atom is -0.308 e. The summed E-state index contributed by atoms with van der Waals surface area (Å²) in [7, 11) is 0. The molecule has 2 aliphatic rings. The van der Waals surface area contributed by atoms with E-state index in [2.05, 4.69) is 12.2 Å². The smallest absolute Gasteiger partial charge is 0.110 e. The van der Waals surface area contributed by atoms with Crippen LogP contribution in [0.5, 0.6) is 0 Å². The number of nitrogens with one attached hydrogen (secondary N) is 1. The van der Waals surface area contributed by atoms with E-state index in [4.69, 9.17) is 4.98 Å². The van der Waals surface area contributed by atoms with Gasteiger partial charge in [-0.2, -0.15) is 0 Å². The molecule has 0 amide bonds. The topological polar surface area (TPSA) is 24.9 Å². The van der Waals surface area contributed by atoms with Gasteiger partial charge in [0.15, 0.2) is 0 Å². The molecular formula is C15H24N2S. The van der Waals surface area contributed by atoms with Gasteiger partial charge >= 0.3 is 0 Å². The molecule has 1 unspecified atom stereocenters. The predicted molar refractivity (Wildman–Crippen MR) is 77.1 cm³/mol. The maximum atomic E-state index is 4.94. The fourth-order valence-electron chi connectivity index (χ4n) is 3.49. The van der Waals surface area contributed by atoms with Crippen molar-refractivity contribution >= 4 is 11.3 Å². The number of fused-ring (bicyclic) bond motifs is 1. The molecule has 3 heteroatoms. The van der Waals surface area contributed by atoms with E-state index in [9.17, 15) is 0 Å². The molecule has 0 aromatic carbocycles. The van der Waals surface area contributed by atoms with E-state index in [1.807, 2.05) is 11.3 Å². The molecule has 2 nitrogen and oxygen atoms in total. The van der Waals surface area contributed by atoms with Crippen molar-refractivity contribution in [3.63, 3.8) is 0 Å². The van der Waals surface area contributed by atoms with Gasteiger partial charge in [-0.3, -0.25) is 0 Å². The fourth-order valence-corrected chi connectivity index (χ4v) is 4.81. The van der Waals surface area contributed by atoms with Crippen molar-refractivity contribution in [2.45, 2.75) is 64.3 Å². The van der Waals surface area contributed by atoms with E-state index in [-0.39, 0.29) is 0 Å². The maximum Gasteiger partial charge on any atom is 0.110 e. The van der Waals surface area contributed by atoms with Crippen LogP contribution in [0, 0.1) is 5.92 Å². The van der Waals surface area contributed by atoms with Crippen molar-refractivity contribution in [1.29, 1.82) is 0 Å². The summed E-state index contributed by atoms with van der Waals surface area (Å²) in [5.74, 6) is 0.824. The van der Waals surface area contributed by atoms with Gasteiger partial charge in [0.05, 0.1) is 11.7 Å². The summed E-state index contributed by atoms with van der Waals surface area (Å²) >= 11 is 1.99. The van der Waals surface area contributed by atoms with Gasteiger partial charge < -0.3 is 5.32 Å². The summed E-state index contributed by atoms with van der Waals surface area (Å²) in [6.07, 6.45) is 10.9. The fraction of sp³-hybridized carbons (Fsp3) is 0.800. The Morgan fingerprint density at radius 3 is 2.78 bits per heavy atom. The number of aryl methyl sites for hydroxylation is 2. The number of nitrogens with zero attached hydrogens (tertiary/aromatic N) is 1. The molecule has 1 atom stereocenters. The van der Waals surface area contributed by atoms with Crippen LogP contribution >= 0.6 is 11.3 Å². The average molecular weight is 264 g/mol. The van der Waals surface area contributed by atoms with E-state index >= 15 is 0 Å². The van der Waals surface area contributed by atoms with Gasteiger partial charge in [-0.15, -0.1) is 11.3 Å². The lowest BCUT2D eigenvalue weighted by Gasteiger charge is -2.29. The van der Waals surface area contributed by atoms with Crippen molar-refractivity contribution in [2.24, 2.45) is 5.92 Å². The second kappa shape index (κ2) is 5.70. The monoisotopic (exact) mass is 264 g/mol. The lowest BCUT2D eigenvalue weighted by molar-refractivity contribution is 0.274. The van der Waals surface area contributed by atoms with Crippen molar-refractivity contribution in [2.75, 3.05) is 6.54 Å². The van der Waals surface area contributed by atoms with Crippen molar-refractivity contribution in [1.82, 2.24) is 10.3 Å². The highest BCUT2D eigenvalue weighted by Crippen LogP contribution is 2.38. The summed E-state index contributed by atoms with van der Waals surface area (Å²) < 4.78 is 0. The van der Waals surface area contributed by atoms with E-state index in [0.717, 1.165) is 12.5 Å². The summed E-state index contributed by atoms with van der Waals surface area (Å²) in [5, 5.41) is 5.09. The van der Waals surface area contributed by atoms with Gasteiger partial charge in [0, 0.05) is 4.88 Å². The SMILES string of the molecule is CCNC(c1nc2c(s1)CCC2)C1CCCCC1. The Balaban J connectivity index is 1.78. The Hall–Kier alpha value is -0.410. The van der Waals surface area contributed by atoms with Crippen molar-refractivity contribution in [3.8, 4) is 0 Å². The molecule has 0 bridgehead atoms. The molecule has 1 heterocycles. The van der Waals surface area contributed by atoms with Crippen LogP contribution in [0.25, 0.3) is 0 Å². The summed E-state index contributed by atoms with van der Waals surface area (Å²) in [6.45, 7) is 3.28. The largest absolute Gasteiger partial charge is 0.308 e. The van der Waals surface area contributed by atoms with E-state index < -0.39 is 0 Å². The lowest BCUT2D eigenvalue weighted by atomic mass is 9.84. The van der Waals surface area contributed by atoms with Gasteiger partial charge in [0.2, 0.25) is 0 Å². The molecule has 1 N–H and O–H groups in total. The second-order valence-corrected chi connectivity index (χ2v) is 6.82. The minimum atomic E-state index is 0.533. The zero-order chi connectivity index (χ0) is 12.4. The minimum absolute atomic E-state index is 0.533. The first-order valence-corrected chi connectivity index (χ1v) is 8.42. The molecule has 0 radical (unpaired) electrons. The standard InChI is InChI=1S/C15H24N2S/c1-2-16-14(11-7-4-3-5-8-11)15-17-12-9-6-10-13(12)18-15/h11,14,16H,2-10H2,1H3. The molecule has 0 saturated heterocycles. The molecule has 100 valence electrons. The van der Waals surface area contributed by atoms with E-state index in [1.165, 1.54) is 62.1 Å². The molecule has 1 fully saturated rings. The Bertz CT molecular complexity index is 372. The molecule has 3 rings (SSSR count). The molecule has 18 heavy (non-hydrogen) atoms. The number of rotatable bonds is 4. The van der Waals surface area contributed by atoms with Gasteiger partial charge in [0.1, 0.15) is 5.01 Å². The number of hydrogen-bond acceptors (Lipinski definition) is 3. The zero-order valence-electron chi connectivity index (χ0n) is 11.4. The first-order chi connectivity index (χ1) is 8.88. The van der Waals surface area contributed by atoms with Crippen molar-refractivity contribution < 1.29 is 0 Å². The molecule has 0 aliphatic heterocycles. The third-order valence-electron chi connectivity index (χ3n) is 4.42. The van der Waals surface area contributed by atoms with Crippen LogP contribution in [-0.2, 0) is 12.8 Å². The molecule has 0 spiro atoms. The van der Waals surface area contributed by atoms with Crippen molar-refractivity contribution in [3.05, 3.63) is 15.6 Å². The molecule has 1 aromatic rings. The van der Waals surface area contributed by atoms with Crippen LogP contribution in [-0.4, -0.2) is 11.5 Å². The Morgan fingerprint density at radius 1 is 1.22 bits per heavy atom. The van der Waals surface area contributed by atoms with Crippen LogP contribution in [0.15, 0.2) is 0 Å². The van der Waals surface area contributed by atoms with E-state index in [0.29, 0.717) is 6.04 Å². The van der Waals surface area contributed by atoms with E-state index in [1.54, 1.807) is 4.88 Å². The predicted octanol–water partition coefficient (Wildman–Crippen LogP) is 3.86. The molecule has 1 aromatic heterocycles. The number of hydrogen-bond donors (Lipinski definition) is 1. The van der Waals surface area contributed by atoms with Gasteiger partial charge in [-0.25, -0.2) is 4.98 Å². The normalized spacial score (nSPS) is 22.1. The Morgan fingerprint density at radius 2 is 2.06 bits per heavy atom. The first-order valence-electron chi connectivity index (χ1n) is 7.60. The third kappa shape index (κ3) is 2.48. The van der Waals surface area contributed by atoms with Crippen LogP contribution in [0.4, 0.5) is 0 Å². The first kappa shape index (κ1) is 12.6. The second-order valence-electron chi connectivity index (χ2n) is 5.71. The summed E-state index contributed by atoms with van der Waals surface area (Å²) in [4.78, 5) is 6.51.